The largest absolute Gasteiger partial charge is 0.460 e. The minimum absolute atomic E-state index is 0.0242. The van der Waals surface area contributed by atoms with Crippen molar-refractivity contribution in [1.82, 2.24) is 0 Å². The summed E-state index contributed by atoms with van der Waals surface area (Å²) >= 11 is 0. The van der Waals surface area contributed by atoms with Crippen LogP contribution in [-0.2, 0) is 81.7 Å². The second kappa shape index (κ2) is 35.8. The summed E-state index contributed by atoms with van der Waals surface area (Å²) < 4.78 is 213. The average Bonchev–Trinajstić information content (AvgIpc) is 0.729. The van der Waals surface area contributed by atoms with Gasteiger partial charge in [-0.2, -0.15) is 0 Å². The van der Waals surface area contributed by atoms with Gasteiger partial charge in [-0.25, -0.2) is 0 Å². The zero-order chi connectivity index (χ0) is 69.7. The molecular weight excluding hydrogens is 1430 g/mol. The van der Waals surface area contributed by atoms with Crippen LogP contribution in [0.15, 0.2) is 159 Å². The molecule has 0 atom stereocenters. The van der Waals surface area contributed by atoms with Gasteiger partial charge in [-0.05, 0) is 229 Å². The van der Waals surface area contributed by atoms with Gasteiger partial charge in [0.15, 0.2) is 0 Å². The van der Waals surface area contributed by atoms with Crippen molar-refractivity contribution in [3.05, 3.63) is 146 Å². The van der Waals surface area contributed by atoms with Gasteiger partial charge in [0.25, 0.3) is 0 Å². The van der Waals surface area contributed by atoms with Gasteiger partial charge in [-0.15, -0.1) is 0 Å². The van der Waals surface area contributed by atoms with Crippen molar-refractivity contribution >= 4 is 100 Å². The van der Waals surface area contributed by atoms with Gasteiger partial charge in [0.05, 0.1) is 111 Å². The Labute approximate surface area is 562 Å². The average molecular weight is 1510 g/mol. The van der Waals surface area contributed by atoms with E-state index in [1.807, 2.05) is 0 Å². The highest BCUT2D eigenvalue weighted by Gasteiger charge is 2.50. The van der Waals surface area contributed by atoms with E-state index in [1.165, 1.54) is 146 Å². The Morgan fingerprint density at radius 1 is 0.208 bits per heavy atom. The highest BCUT2D eigenvalue weighted by atomic mass is 31.3. The summed E-state index contributed by atoms with van der Waals surface area (Å²) in [5.41, 5.74) is 0. The van der Waals surface area contributed by atoms with Gasteiger partial charge >= 0.3 is 68.6 Å². The standard InChI is InChI=1S/C60H84N3O24P9/c1-13-70-88(64,71-14-2)55-37-25-49(26-38-55)82-94(83-50-27-39-56(40-28-50)89(65,72-15-3)73-16-4)61-95(84-51-29-41-57(42-30-51)90(66,74-17-5)75-18-6,85-52-31-43-58(44-32-52)91(67,76-19-7)77-20-8)63-96(62-94,86-53-33-45-59(46-34-53)92(68,78-21-9)79-22-10)87-54-35-47-60(48-36-54)93(69,80-23-11)81-24-12/h25-48H,13-24H2,1-12H3. The van der Waals surface area contributed by atoms with Gasteiger partial charge < -0.3 is 81.4 Å². The first kappa shape index (κ1) is 79.0. The van der Waals surface area contributed by atoms with Crippen LogP contribution in [0.1, 0.15) is 83.1 Å². The number of rotatable bonds is 42. The van der Waals surface area contributed by atoms with Gasteiger partial charge in [0, 0.05) is 0 Å². The van der Waals surface area contributed by atoms with Crippen LogP contribution in [0.2, 0.25) is 0 Å². The van der Waals surface area contributed by atoms with E-state index in [0.717, 1.165) is 0 Å². The molecule has 96 heavy (non-hydrogen) atoms. The van der Waals surface area contributed by atoms with Crippen LogP contribution < -0.4 is 59.0 Å². The molecule has 0 saturated carbocycles. The van der Waals surface area contributed by atoms with Crippen LogP contribution in [0.5, 0.6) is 34.5 Å². The van der Waals surface area contributed by atoms with Crippen molar-refractivity contribution in [2.45, 2.75) is 83.1 Å². The number of nitrogens with zero attached hydrogens (tertiary/aromatic N) is 3. The summed E-state index contributed by atoms with van der Waals surface area (Å²) in [5.74, 6) is -0.145. The van der Waals surface area contributed by atoms with E-state index in [4.69, 9.17) is 95.0 Å². The van der Waals surface area contributed by atoms with E-state index in [1.54, 1.807) is 83.1 Å². The number of hydrogen-bond acceptors (Lipinski definition) is 27. The topological polar surface area (TPSA) is 306 Å². The molecule has 7 rings (SSSR count). The third kappa shape index (κ3) is 20.0. The summed E-state index contributed by atoms with van der Waals surface area (Å²) in [4.78, 5) is 0. The molecule has 27 nitrogen and oxygen atoms in total. The first-order valence-corrected chi connectivity index (χ1v) is 44.9. The Morgan fingerprint density at radius 2 is 0.312 bits per heavy atom. The minimum Gasteiger partial charge on any atom is -0.413 e. The SMILES string of the molecule is CCOP(=O)(OCC)c1ccc(OP2(Oc3ccc(P(=O)(OCC)OCC)cc3)=NP(Oc3ccc(P(=O)(OCC)OCC)cc3)(Oc3ccc(P(=O)(OCC)OCC)cc3)=NP(Oc3ccc(P(=O)(OCC)OCC)cc3)(Oc3ccc(P(=O)(OCC)OCC)cc3)=N2)cc1. The highest BCUT2D eigenvalue weighted by Crippen LogP contribution is 2.79. The minimum atomic E-state index is -4.85. The molecule has 1 aliphatic heterocycles. The Hall–Kier alpha value is -4.29. The number of hydrogen-bond donors (Lipinski definition) is 0. The maximum atomic E-state index is 14.3. The van der Waals surface area contributed by atoms with E-state index >= 15 is 0 Å². The molecule has 36 heteroatoms. The molecular formula is C60H84N3O24P9. The van der Waals surface area contributed by atoms with E-state index in [0.29, 0.717) is 0 Å². The lowest BCUT2D eigenvalue weighted by atomic mass is 10.3. The maximum absolute atomic E-state index is 14.3. The van der Waals surface area contributed by atoms with Gasteiger partial charge in [0.1, 0.15) is 34.5 Å². The molecule has 0 amide bonds. The molecule has 0 radical (unpaired) electrons. The van der Waals surface area contributed by atoms with E-state index in [2.05, 4.69) is 0 Å². The van der Waals surface area contributed by atoms with Gasteiger partial charge in [-0.3, -0.25) is 27.4 Å². The molecule has 0 bridgehead atoms. The molecule has 1 aliphatic rings. The third-order valence-corrected chi connectivity index (χ3v) is 33.4. The second-order valence-corrected chi connectivity index (χ2v) is 37.6. The fourth-order valence-electron chi connectivity index (χ4n) is 8.88. The fraction of sp³-hybridized carbons (Fsp3) is 0.400. The van der Waals surface area contributed by atoms with Crippen LogP contribution in [0.4, 0.5) is 0 Å². The molecule has 0 N–H and O–H groups in total. The summed E-state index contributed by atoms with van der Waals surface area (Å²) in [6.45, 7) is 20.7. The Kier molecular flexibility index (Phi) is 29.5. The van der Waals surface area contributed by atoms with Crippen molar-refractivity contribution in [3.8, 4) is 34.5 Å². The molecule has 6 aromatic carbocycles. The lowest BCUT2D eigenvalue weighted by molar-refractivity contribution is 0.229. The predicted molar refractivity (Wildman–Crippen MR) is 373 cm³/mol. The van der Waals surface area contributed by atoms with E-state index < -0.39 is 68.6 Å². The molecule has 0 unspecified atom stereocenters. The predicted octanol–water partition coefficient (Wildman–Crippen LogP) is 17.7. The van der Waals surface area contributed by atoms with Crippen LogP contribution in [-0.4, -0.2) is 79.3 Å². The molecule has 0 aliphatic carbocycles. The fourth-order valence-corrected chi connectivity index (χ4v) is 27.3. The lowest BCUT2D eigenvalue weighted by Crippen LogP contribution is -2.14. The smallest absolute Gasteiger partial charge is 0.413 e. The monoisotopic (exact) mass is 1510 g/mol. The Morgan fingerprint density at radius 3 is 0.406 bits per heavy atom. The van der Waals surface area contributed by atoms with Crippen molar-refractivity contribution < 1.29 is 109 Å². The zero-order valence-electron chi connectivity index (χ0n) is 55.5. The Balaban J connectivity index is 1.66. The van der Waals surface area contributed by atoms with Crippen molar-refractivity contribution in [2.24, 2.45) is 13.5 Å². The molecule has 0 fully saturated rings. The summed E-state index contributed by atoms with van der Waals surface area (Å²) in [6, 6.07) is 35.1. The quantitative estimate of drug-likeness (QED) is 0.0321. The van der Waals surface area contributed by atoms with Crippen LogP contribution in [0.25, 0.3) is 0 Å². The summed E-state index contributed by atoms with van der Waals surface area (Å²) in [6.07, 6.45) is 0. The van der Waals surface area contributed by atoms with E-state index in [-0.39, 0.29) is 146 Å². The number of benzene rings is 6. The Bertz CT molecular complexity index is 3260. The molecule has 1 heterocycles. The van der Waals surface area contributed by atoms with Crippen molar-refractivity contribution in [1.29, 1.82) is 0 Å². The van der Waals surface area contributed by atoms with Crippen LogP contribution in [0.3, 0.4) is 0 Å². The highest BCUT2D eigenvalue weighted by molar-refractivity contribution is 7.79. The van der Waals surface area contributed by atoms with Crippen molar-refractivity contribution in [2.75, 3.05) is 79.3 Å². The summed E-state index contributed by atoms with van der Waals surface area (Å²) in [5, 5.41) is 0.982. The van der Waals surface area contributed by atoms with Crippen molar-refractivity contribution in [3.63, 3.8) is 0 Å². The first-order valence-electron chi connectivity index (χ1n) is 31.0. The lowest BCUT2D eigenvalue weighted by Gasteiger charge is -2.33. The van der Waals surface area contributed by atoms with Gasteiger partial charge in [-0.1, -0.05) is 13.5 Å². The molecule has 6 aromatic rings. The summed E-state index contributed by atoms with van der Waals surface area (Å²) in [7, 11) is -38.0. The molecule has 528 valence electrons. The molecule has 0 saturated heterocycles. The molecule has 0 spiro atoms. The third-order valence-electron chi connectivity index (χ3n) is 12.5. The molecule has 0 aromatic heterocycles. The normalized spacial score (nSPS) is 14.8. The first-order chi connectivity index (χ1) is 46.0. The van der Waals surface area contributed by atoms with Gasteiger partial charge in [0.2, 0.25) is 0 Å². The van der Waals surface area contributed by atoms with Crippen LogP contribution in [0, 0.1) is 0 Å². The maximum Gasteiger partial charge on any atom is 0.460 e. The zero-order valence-corrected chi connectivity index (χ0v) is 63.6. The van der Waals surface area contributed by atoms with E-state index in [9.17, 15) is 27.4 Å². The second-order valence-electron chi connectivity index (χ2n) is 19.2. The van der Waals surface area contributed by atoms with Crippen LogP contribution >= 0.6 is 68.6 Å².